The van der Waals surface area contributed by atoms with E-state index in [4.69, 9.17) is 0 Å². The number of nitrogens with zero attached hydrogens (tertiary/aromatic N) is 2. The second-order valence-corrected chi connectivity index (χ2v) is 6.30. The number of hydrogen-bond donors (Lipinski definition) is 1. The Hall–Kier alpha value is -1.69. The first-order valence-corrected chi connectivity index (χ1v) is 7.15. The Bertz CT molecular complexity index is 647. The maximum atomic E-state index is 11.6. The van der Waals surface area contributed by atoms with Crippen molar-refractivity contribution < 1.29 is 8.42 Å². The van der Waals surface area contributed by atoms with Crippen molar-refractivity contribution in [2.75, 3.05) is 5.75 Å². The van der Waals surface area contributed by atoms with Crippen LogP contribution in [0.25, 0.3) is 11.3 Å². The van der Waals surface area contributed by atoms with Crippen LogP contribution in [-0.4, -0.2) is 29.4 Å². The highest BCUT2D eigenvalue weighted by molar-refractivity contribution is 7.90. The van der Waals surface area contributed by atoms with Gasteiger partial charge in [0.15, 0.2) is 9.84 Å². The molecule has 6 heteroatoms. The van der Waals surface area contributed by atoms with Crippen molar-refractivity contribution in [3.8, 4) is 11.3 Å². The second-order valence-electron chi connectivity index (χ2n) is 4.11. The Labute approximate surface area is 98.8 Å². The molecule has 0 amide bonds. The number of hydrogen-bond acceptors (Lipinski definition) is 4. The highest BCUT2D eigenvalue weighted by Crippen LogP contribution is 2.28. The third-order valence-corrected chi connectivity index (χ3v) is 4.47. The van der Waals surface area contributed by atoms with Gasteiger partial charge in [-0.1, -0.05) is 0 Å². The molecule has 1 N–H and O–H groups in total. The quantitative estimate of drug-likeness (QED) is 0.816. The molecule has 0 aliphatic carbocycles. The molecule has 0 radical (unpaired) electrons. The maximum absolute atomic E-state index is 11.6. The van der Waals surface area contributed by atoms with E-state index in [1.807, 2.05) is 12.1 Å². The van der Waals surface area contributed by atoms with Crippen LogP contribution >= 0.6 is 0 Å². The van der Waals surface area contributed by atoms with Crippen molar-refractivity contribution in [3.05, 3.63) is 35.8 Å². The largest absolute Gasteiger partial charge is 0.282 e. The minimum absolute atomic E-state index is 0.0725. The Morgan fingerprint density at radius 2 is 2.24 bits per heavy atom. The minimum Gasteiger partial charge on any atom is -0.282 e. The lowest BCUT2D eigenvalue weighted by Gasteiger charge is -2.12. The molecule has 17 heavy (non-hydrogen) atoms. The summed E-state index contributed by atoms with van der Waals surface area (Å²) in [4.78, 5) is 4.02. The van der Waals surface area contributed by atoms with Gasteiger partial charge >= 0.3 is 0 Å². The standard InChI is InChI=1S/C11H11N3O2S/c15-17(16)5-3-10-9(7-17)11(14-13-10)8-2-1-4-12-6-8/h1-2,4,6H,3,5,7H2,(H,13,14). The number of pyridine rings is 1. The molecule has 0 aromatic carbocycles. The molecule has 1 aliphatic rings. The summed E-state index contributed by atoms with van der Waals surface area (Å²) < 4.78 is 23.3. The Morgan fingerprint density at radius 3 is 3.00 bits per heavy atom. The van der Waals surface area contributed by atoms with Gasteiger partial charge in [-0.3, -0.25) is 10.1 Å². The zero-order valence-electron chi connectivity index (χ0n) is 9.05. The number of rotatable bonds is 1. The Morgan fingerprint density at radius 1 is 1.35 bits per heavy atom. The summed E-state index contributed by atoms with van der Waals surface area (Å²) in [5.74, 6) is 0.276. The van der Waals surface area contributed by atoms with Gasteiger partial charge in [0.1, 0.15) is 0 Å². The van der Waals surface area contributed by atoms with Crippen LogP contribution in [0.4, 0.5) is 0 Å². The van der Waals surface area contributed by atoms with Crippen molar-refractivity contribution >= 4 is 9.84 Å². The lowest BCUT2D eigenvalue weighted by molar-refractivity contribution is 0.591. The zero-order valence-corrected chi connectivity index (χ0v) is 9.87. The molecule has 2 aromatic heterocycles. The predicted octanol–water partition coefficient (Wildman–Crippen LogP) is 0.943. The van der Waals surface area contributed by atoms with E-state index in [-0.39, 0.29) is 11.5 Å². The average Bonchev–Trinajstić information content (AvgIpc) is 2.71. The summed E-state index contributed by atoms with van der Waals surface area (Å²) in [6.45, 7) is 0. The molecule has 2 aromatic rings. The number of sulfone groups is 1. The summed E-state index contributed by atoms with van der Waals surface area (Å²) in [6.07, 6.45) is 3.89. The van der Waals surface area contributed by atoms with Gasteiger partial charge in [-0.15, -0.1) is 0 Å². The van der Waals surface area contributed by atoms with Crippen LogP contribution in [0, 0.1) is 0 Å². The molecular formula is C11H11N3O2S. The van der Waals surface area contributed by atoms with E-state index in [0.29, 0.717) is 12.1 Å². The molecule has 88 valence electrons. The molecule has 0 atom stereocenters. The minimum atomic E-state index is -2.98. The fourth-order valence-corrected chi connectivity index (χ4v) is 3.47. The van der Waals surface area contributed by atoms with Crippen molar-refractivity contribution in [1.29, 1.82) is 0 Å². The number of nitrogens with one attached hydrogen (secondary N) is 1. The zero-order chi connectivity index (χ0) is 11.9. The van der Waals surface area contributed by atoms with E-state index in [0.717, 1.165) is 16.8 Å². The second kappa shape index (κ2) is 3.66. The third-order valence-electron chi connectivity index (χ3n) is 2.92. The fraction of sp³-hybridized carbons (Fsp3) is 0.273. The molecule has 0 unspecified atom stereocenters. The molecule has 5 nitrogen and oxygen atoms in total. The molecule has 0 saturated carbocycles. The van der Waals surface area contributed by atoms with E-state index in [9.17, 15) is 8.42 Å². The van der Waals surface area contributed by atoms with Crippen LogP contribution in [-0.2, 0) is 22.0 Å². The molecule has 0 saturated heterocycles. The van der Waals surface area contributed by atoms with Gasteiger partial charge in [0.05, 0.1) is 17.2 Å². The van der Waals surface area contributed by atoms with Gasteiger partial charge in [-0.2, -0.15) is 5.10 Å². The highest BCUT2D eigenvalue weighted by Gasteiger charge is 2.26. The fourth-order valence-electron chi connectivity index (χ4n) is 2.05. The molecular weight excluding hydrogens is 238 g/mol. The summed E-state index contributed by atoms with van der Waals surface area (Å²) in [5.41, 5.74) is 3.28. The van der Waals surface area contributed by atoms with Gasteiger partial charge < -0.3 is 0 Å². The van der Waals surface area contributed by atoms with Crippen molar-refractivity contribution in [1.82, 2.24) is 15.2 Å². The van der Waals surface area contributed by atoms with Crippen molar-refractivity contribution in [3.63, 3.8) is 0 Å². The summed E-state index contributed by atoms with van der Waals surface area (Å²) >= 11 is 0. The van der Waals surface area contributed by atoms with Crippen LogP contribution < -0.4 is 0 Å². The average molecular weight is 249 g/mol. The summed E-state index contributed by atoms with van der Waals surface area (Å²) in [7, 11) is -2.98. The summed E-state index contributed by atoms with van der Waals surface area (Å²) in [6, 6.07) is 3.69. The predicted molar refractivity (Wildman–Crippen MR) is 63.0 cm³/mol. The first kappa shape index (κ1) is 10.5. The van der Waals surface area contributed by atoms with Gasteiger partial charge in [0.2, 0.25) is 0 Å². The van der Waals surface area contributed by atoms with Crippen molar-refractivity contribution in [2.24, 2.45) is 0 Å². The Balaban J connectivity index is 2.13. The van der Waals surface area contributed by atoms with Crippen molar-refractivity contribution in [2.45, 2.75) is 12.2 Å². The van der Waals surface area contributed by atoms with Gasteiger partial charge in [0.25, 0.3) is 0 Å². The molecule has 0 spiro atoms. The first-order chi connectivity index (χ1) is 8.16. The molecule has 0 fully saturated rings. The monoisotopic (exact) mass is 249 g/mol. The van der Waals surface area contributed by atoms with Crippen LogP contribution in [0.2, 0.25) is 0 Å². The van der Waals surface area contributed by atoms with Crippen LogP contribution in [0.5, 0.6) is 0 Å². The molecule has 0 bridgehead atoms. The molecule has 1 aliphatic heterocycles. The van der Waals surface area contributed by atoms with Crippen LogP contribution in [0.3, 0.4) is 0 Å². The number of aromatic nitrogens is 3. The number of fused-ring (bicyclic) bond motifs is 1. The highest BCUT2D eigenvalue weighted by atomic mass is 32.2. The number of H-pyrrole nitrogens is 1. The number of aryl methyl sites for hydroxylation is 1. The van der Waals surface area contributed by atoms with E-state index >= 15 is 0 Å². The smallest absolute Gasteiger partial charge is 0.154 e. The van der Waals surface area contributed by atoms with Gasteiger partial charge in [-0.05, 0) is 12.1 Å². The topological polar surface area (TPSA) is 75.7 Å². The van der Waals surface area contributed by atoms with E-state index in [2.05, 4.69) is 15.2 Å². The number of aromatic amines is 1. The van der Waals surface area contributed by atoms with E-state index < -0.39 is 9.84 Å². The SMILES string of the molecule is O=S1(=O)CCc2[nH]nc(-c3cccnc3)c2C1. The molecule has 3 rings (SSSR count). The van der Waals surface area contributed by atoms with Crippen LogP contribution in [0.15, 0.2) is 24.5 Å². The Kier molecular flexibility index (Phi) is 2.25. The van der Waals surface area contributed by atoms with Gasteiger partial charge in [-0.25, -0.2) is 8.42 Å². The maximum Gasteiger partial charge on any atom is 0.154 e. The normalized spacial score (nSPS) is 17.6. The van der Waals surface area contributed by atoms with E-state index in [1.54, 1.807) is 12.4 Å². The first-order valence-electron chi connectivity index (χ1n) is 5.33. The lowest BCUT2D eigenvalue weighted by Crippen LogP contribution is -2.18. The van der Waals surface area contributed by atoms with Gasteiger partial charge in [0, 0.05) is 35.6 Å². The van der Waals surface area contributed by atoms with E-state index in [1.165, 1.54) is 0 Å². The third kappa shape index (κ3) is 1.84. The molecule has 3 heterocycles. The summed E-state index contributed by atoms with van der Waals surface area (Å²) in [5, 5.41) is 7.12. The van der Waals surface area contributed by atoms with Crippen LogP contribution in [0.1, 0.15) is 11.3 Å². The lowest BCUT2D eigenvalue weighted by atomic mass is 10.1.